The topological polar surface area (TPSA) is 29.5 Å². The smallest absolute Gasteiger partial charge is 0.307 e. The molecule has 3 nitrogen and oxygen atoms in total. The molecule has 1 heterocycles. The summed E-state index contributed by atoms with van der Waals surface area (Å²) in [4.78, 5) is 14.2. The van der Waals surface area contributed by atoms with Crippen molar-refractivity contribution in [1.82, 2.24) is 4.90 Å². The Morgan fingerprint density at radius 3 is 2.61 bits per heavy atom. The van der Waals surface area contributed by atoms with Crippen molar-refractivity contribution in [3.8, 4) is 0 Å². The molecule has 0 aromatic rings. The molecule has 1 atom stereocenters. The van der Waals surface area contributed by atoms with Crippen LogP contribution in [-0.2, 0) is 9.53 Å². The van der Waals surface area contributed by atoms with Gasteiger partial charge in [0.2, 0.25) is 0 Å². The van der Waals surface area contributed by atoms with Crippen molar-refractivity contribution in [1.29, 1.82) is 0 Å². The Balaban J connectivity index is 2.37. The molecular weight excluding hydrogens is 226 g/mol. The number of nitrogens with zero attached hydrogens (tertiary/aromatic N) is 1. The van der Waals surface area contributed by atoms with E-state index in [0.29, 0.717) is 12.5 Å². The second-order valence-electron chi connectivity index (χ2n) is 6.28. The van der Waals surface area contributed by atoms with Crippen LogP contribution in [0.4, 0.5) is 0 Å². The van der Waals surface area contributed by atoms with Crippen LogP contribution in [0.5, 0.6) is 0 Å². The summed E-state index contributed by atoms with van der Waals surface area (Å²) >= 11 is 0. The molecule has 0 aliphatic carbocycles. The molecule has 1 fully saturated rings. The van der Waals surface area contributed by atoms with Gasteiger partial charge in [-0.1, -0.05) is 19.8 Å². The van der Waals surface area contributed by atoms with E-state index < -0.39 is 0 Å². The van der Waals surface area contributed by atoms with Gasteiger partial charge in [-0.05, 0) is 46.6 Å². The maximum absolute atomic E-state index is 11.7. The van der Waals surface area contributed by atoms with Crippen LogP contribution in [0.3, 0.4) is 0 Å². The number of hydrogen-bond donors (Lipinski definition) is 0. The Labute approximate surface area is 112 Å². The third-order valence-corrected chi connectivity index (χ3v) is 3.49. The minimum absolute atomic E-state index is 0.0680. The van der Waals surface area contributed by atoms with E-state index in [1.54, 1.807) is 0 Å². The fourth-order valence-electron chi connectivity index (χ4n) is 2.62. The first kappa shape index (κ1) is 15.5. The average Bonchev–Trinajstić information content (AvgIpc) is 2.48. The molecule has 1 saturated heterocycles. The molecule has 0 radical (unpaired) electrons. The van der Waals surface area contributed by atoms with Crippen molar-refractivity contribution in [2.75, 3.05) is 13.1 Å². The van der Waals surface area contributed by atoms with Crippen molar-refractivity contribution >= 4 is 5.97 Å². The van der Waals surface area contributed by atoms with Crippen LogP contribution in [0.2, 0.25) is 0 Å². The minimum Gasteiger partial charge on any atom is -0.460 e. The standard InChI is InChI=1S/C15H29NO2/c1-5-13-9-7-6-8-11-16(13)12-10-14(17)18-15(2,3)4/h13H,5-12H2,1-4H3. The van der Waals surface area contributed by atoms with Gasteiger partial charge in [-0.2, -0.15) is 0 Å². The Kier molecular flexibility index (Phi) is 6.13. The molecule has 0 saturated carbocycles. The molecule has 106 valence electrons. The van der Waals surface area contributed by atoms with E-state index in [0.717, 1.165) is 13.1 Å². The highest BCUT2D eigenvalue weighted by molar-refractivity contribution is 5.70. The van der Waals surface area contributed by atoms with Crippen LogP contribution in [0.25, 0.3) is 0 Å². The lowest BCUT2D eigenvalue weighted by molar-refractivity contribution is -0.155. The van der Waals surface area contributed by atoms with Gasteiger partial charge in [-0.3, -0.25) is 9.69 Å². The highest BCUT2D eigenvalue weighted by atomic mass is 16.6. The third-order valence-electron chi connectivity index (χ3n) is 3.49. The first-order valence-electron chi connectivity index (χ1n) is 7.38. The largest absolute Gasteiger partial charge is 0.460 e. The van der Waals surface area contributed by atoms with Gasteiger partial charge >= 0.3 is 5.97 Å². The third kappa shape index (κ3) is 5.85. The van der Waals surface area contributed by atoms with Gasteiger partial charge in [0, 0.05) is 12.6 Å². The molecule has 1 aliphatic rings. The van der Waals surface area contributed by atoms with Gasteiger partial charge in [0.1, 0.15) is 5.60 Å². The van der Waals surface area contributed by atoms with Crippen molar-refractivity contribution in [3.63, 3.8) is 0 Å². The summed E-state index contributed by atoms with van der Waals surface area (Å²) in [6, 6.07) is 0.662. The predicted molar refractivity (Wildman–Crippen MR) is 74.6 cm³/mol. The van der Waals surface area contributed by atoms with Crippen LogP contribution in [-0.4, -0.2) is 35.6 Å². The molecule has 0 amide bonds. The zero-order valence-corrected chi connectivity index (χ0v) is 12.5. The number of likely N-dealkylation sites (tertiary alicyclic amines) is 1. The lowest BCUT2D eigenvalue weighted by Crippen LogP contribution is -2.37. The van der Waals surface area contributed by atoms with E-state index in [9.17, 15) is 4.79 Å². The molecular formula is C15H29NO2. The molecule has 3 heteroatoms. The summed E-state index contributed by atoms with van der Waals surface area (Å²) in [5, 5.41) is 0. The maximum Gasteiger partial charge on any atom is 0.307 e. The SMILES string of the molecule is CCC1CCCCCN1CCC(=O)OC(C)(C)C. The molecule has 1 unspecified atom stereocenters. The molecule has 0 N–H and O–H groups in total. The van der Waals surface area contributed by atoms with Crippen molar-refractivity contribution < 1.29 is 9.53 Å². The van der Waals surface area contributed by atoms with Crippen molar-refractivity contribution in [2.24, 2.45) is 0 Å². The Morgan fingerprint density at radius 1 is 1.28 bits per heavy atom. The monoisotopic (exact) mass is 255 g/mol. The van der Waals surface area contributed by atoms with E-state index in [1.165, 1.54) is 32.1 Å². The summed E-state index contributed by atoms with van der Waals surface area (Å²) in [5.74, 6) is -0.0680. The lowest BCUT2D eigenvalue weighted by atomic mass is 10.1. The zero-order chi connectivity index (χ0) is 13.6. The second-order valence-corrected chi connectivity index (χ2v) is 6.28. The molecule has 0 spiro atoms. The number of rotatable bonds is 4. The fraction of sp³-hybridized carbons (Fsp3) is 0.933. The molecule has 18 heavy (non-hydrogen) atoms. The number of carbonyl (C=O) groups is 1. The van der Waals surface area contributed by atoms with E-state index >= 15 is 0 Å². The van der Waals surface area contributed by atoms with E-state index in [1.807, 2.05) is 20.8 Å². The Bertz CT molecular complexity index is 258. The number of esters is 1. The minimum atomic E-state index is -0.361. The van der Waals surface area contributed by atoms with E-state index in [2.05, 4.69) is 11.8 Å². The molecule has 1 rings (SSSR count). The number of hydrogen-bond acceptors (Lipinski definition) is 3. The summed E-state index contributed by atoms with van der Waals surface area (Å²) in [7, 11) is 0. The van der Waals surface area contributed by atoms with Crippen molar-refractivity contribution in [3.05, 3.63) is 0 Å². The predicted octanol–water partition coefficient (Wildman–Crippen LogP) is 3.37. The lowest BCUT2D eigenvalue weighted by Gasteiger charge is -2.29. The van der Waals surface area contributed by atoms with Gasteiger partial charge < -0.3 is 4.74 Å². The average molecular weight is 255 g/mol. The summed E-state index contributed by atoms with van der Waals surface area (Å²) in [6.45, 7) is 10.0. The van der Waals surface area contributed by atoms with Gasteiger partial charge in [0.15, 0.2) is 0 Å². The van der Waals surface area contributed by atoms with E-state index in [-0.39, 0.29) is 11.6 Å². The number of carbonyl (C=O) groups excluding carboxylic acids is 1. The van der Waals surface area contributed by atoms with Gasteiger partial charge in [0.25, 0.3) is 0 Å². The highest BCUT2D eigenvalue weighted by Crippen LogP contribution is 2.19. The van der Waals surface area contributed by atoms with Gasteiger partial charge in [0.05, 0.1) is 6.42 Å². The van der Waals surface area contributed by atoms with Crippen LogP contribution in [0.1, 0.15) is 66.2 Å². The highest BCUT2D eigenvalue weighted by Gasteiger charge is 2.21. The summed E-state index contributed by atoms with van der Waals surface area (Å²) in [6.07, 6.45) is 6.93. The first-order valence-corrected chi connectivity index (χ1v) is 7.38. The van der Waals surface area contributed by atoms with E-state index in [4.69, 9.17) is 4.74 Å². The summed E-state index contributed by atoms with van der Waals surface area (Å²) in [5.41, 5.74) is -0.361. The Hall–Kier alpha value is -0.570. The molecule has 0 aromatic carbocycles. The van der Waals surface area contributed by atoms with Crippen LogP contribution in [0.15, 0.2) is 0 Å². The van der Waals surface area contributed by atoms with Crippen LogP contribution >= 0.6 is 0 Å². The zero-order valence-electron chi connectivity index (χ0n) is 12.5. The van der Waals surface area contributed by atoms with Crippen LogP contribution < -0.4 is 0 Å². The maximum atomic E-state index is 11.7. The first-order chi connectivity index (χ1) is 8.42. The molecule has 0 bridgehead atoms. The van der Waals surface area contributed by atoms with Crippen LogP contribution in [0, 0.1) is 0 Å². The van der Waals surface area contributed by atoms with Gasteiger partial charge in [-0.15, -0.1) is 0 Å². The quantitative estimate of drug-likeness (QED) is 0.721. The molecule has 0 aromatic heterocycles. The Morgan fingerprint density at radius 2 is 2.00 bits per heavy atom. The van der Waals surface area contributed by atoms with Gasteiger partial charge in [-0.25, -0.2) is 0 Å². The normalized spacial score (nSPS) is 22.6. The second kappa shape index (κ2) is 7.13. The fourth-order valence-corrected chi connectivity index (χ4v) is 2.62. The van der Waals surface area contributed by atoms with Crippen molar-refractivity contribution in [2.45, 2.75) is 77.9 Å². The number of ether oxygens (including phenoxy) is 1. The molecule has 1 aliphatic heterocycles. The summed E-state index contributed by atoms with van der Waals surface area (Å²) < 4.78 is 5.36.